The Bertz CT molecular complexity index is 418. The van der Waals surface area contributed by atoms with E-state index in [2.05, 4.69) is 44.3 Å². The van der Waals surface area contributed by atoms with Crippen LogP contribution in [0.5, 0.6) is 5.75 Å². The molecule has 0 bridgehead atoms. The van der Waals surface area contributed by atoms with E-state index in [0.717, 1.165) is 12.3 Å². The van der Waals surface area contributed by atoms with Crippen molar-refractivity contribution in [3.05, 3.63) is 29.3 Å². The molecule has 2 heteroatoms. The van der Waals surface area contributed by atoms with E-state index in [1.807, 2.05) is 0 Å². The van der Waals surface area contributed by atoms with Gasteiger partial charge in [0.2, 0.25) is 0 Å². The molecule has 1 saturated carbocycles. The third-order valence-corrected chi connectivity index (χ3v) is 4.80. The minimum absolute atomic E-state index is 0.347. The average molecular weight is 261 g/mol. The van der Waals surface area contributed by atoms with E-state index in [-0.39, 0.29) is 0 Å². The average Bonchev–Trinajstić information content (AvgIpc) is 2.37. The molecule has 0 amide bonds. The van der Waals surface area contributed by atoms with E-state index in [1.54, 1.807) is 7.11 Å². The summed E-state index contributed by atoms with van der Waals surface area (Å²) in [5, 5.41) is 3.71. The first-order chi connectivity index (χ1) is 9.10. The Labute approximate surface area is 117 Å². The normalized spacial score (nSPS) is 18.7. The van der Waals surface area contributed by atoms with Crippen molar-refractivity contribution in [2.45, 2.75) is 52.5 Å². The Hall–Kier alpha value is -1.02. The smallest absolute Gasteiger partial charge is 0.123 e. The van der Waals surface area contributed by atoms with Gasteiger partial charge in [-0.3, -0.25) is 0 Å². The highest BCUT2D eigenvalue weighted by molar-refractivity contribution is 5.39. The number of hydrogen-bond donors (Lipinski definition) is 1. The van der Waals surface area contributed by atoms with Gasteiger partial charge < -0.3 is 10.1 Å². The van der Waals surface area contributed by atoms with Crippen molar-refractivity contribution in [3.8, 4) is 5.75 Å². The molecule has 0 aliphatic heterocycles. The molecule has 19 heavy (non-hydrogen) atoms. The summed E-state index contributed by atoms with van der Waals surface area (Å²) in [4.78, 5) is 0. The van der Waals surface area contributed by atoms with Crippen molar-refractivity contribution >= 4 is 0 Å². The molecule has 0 radical (unpaired) electrons. The van der Waals surface area contributed by atoms with Crippen molar-refractivity contribution in [1.29, 1.82) is 0 Å². The topological polar surface area (TPSA) is 21.3 Å². The van der Waals surface area contributed by atoms with E-state index < -0.39 is 0 Å². The lowest BCUT2D eigenvalue weighted by atomic mass is 9.67. The van der Waals surface area contributed by atoms with Crippen molar-refractivity contribution < 1.29 is 4.74 Å². The Balaban J connectivity index is 2.01. The molecule has 1 fully saturated rings. The molecule has 2 rings (SSSR count). The Morgan fingerprint density at radius 3 is 2.63 bits per heavy atom. The van der Waals surface area contributed by atoms with Gasteiger partial charge in [-0.25, -0.2) is 0 Å². The summed E-state index contributed by atoms with van der Waals surface area (Å²) in [6, 6.07) is 6.81. The molecular weight excluding hydrogens is 234 g/mol. The lowest BCUT2D eigenvalue weighted by molar-refractivity contribution is 0.120. The monoisotopic (exact) mass is 261 g/mol. The molecule has 1 aliphatic rings. The van der Waals surface area contributed by atoms with Gasteiger partial charge in [0.05, 0.1) is 7.11 Å². The van der Waals surface area contributed by atoms with Gasteiger partial charge in [-0.2, -0.15) is 0 Å². The lowest BCUT2D eigenvalue weighted by Crippen LogP contribution is -2.40. The maximum atomic E-state index is 5.51. The van der Waals surface area contributed by atoms with Crippen LogP contribution in [0.4, 0.5) is 0 Å². The second-order valence-corrected chi connectivity index (χ2v) is 6.06. The fraction of sp³-hybridized carbons (Fsp3) is 0.647. The summed E-state index contributed by atoms with van der Waals surface area (Å²) in [5.41, 5.74) is 3.07. The maximum Gasteiger partial charge on any atom is 0.123 e. The van der Waals surface area contributed by atoms with Crippen LogP contribution < -0.4 is 10.1 Å². The van der Waals surface area contributed by atoms with Crippen LogP contribution in [-0.4, -0.2) is 13.7 Å². The van der Waals surface area contributed by atoms with Gasteiger partial charge in [0.15, 0.2) is 0 Å². The number of methoxy groups -OCH3 is 1. The third-order valence-electron chi connectivity index (χ3n) is 4.80. The van der Waals surface area contributed by atoms with Crippen molar-refractivity contribution in [2.75, 3.05) is 13.7 Å². The summed E-state index contributed by atoms with van der Waals surface area (Å²) in [7, 11) is 1.75. The first kappa shape index (κ1) is 14.4. The summed E-state index contributed by atoms with van der Waals surface area (Å²) < 4.78 is 5.51. The van der Waals surface area contributed by atoms with Gasteiger partial charge in [0.25, 0.3) is 0 Å². The molecule has 0 saturated heterocycles. The predicted octanol–water partition coefficient (Wildman–Crippen LogP) is 4.23. The Morgan fingerprint density at radius 1 is 1.37 bits per heavy atom. The lowest BCUT2D eigenvalue weighted by Gasteiger charge is -2.42. The van der Waals surface area contributed by atoms with Crippen molar-refractivity contribution in [1.82, 2.24) is 5.32 Å². The standard InChI is InChI=1S/C17H27NO/c1-5-17(9-6-10-17)12-18-14(3)15-8-7-13(2)11-16(15)19-4/h7-8,11,14,18H,5-6,9-10,12H2,1-4H3. The number of aryl methyl sites for hydroxylation is 1. The van der Waals surface area contributed by atoms with Crippen molar-refractivity contribution in [3.63, 3.8) is 0 Å². The van der Waals surface area contributed by atoms with Crippen LogP contribution in [0.1, 0.15) is 56.7 Å². The van der Waals surface area contributed by atoms with E-state index in [1.165, 1.54) is 36.8 Å². The third kappa shape index (κ3) is 3.11. The molecule has 1 atom stereocenters. The minimum Gasteiger partial charge on any atom is -0.496 e. The fourth-order valence-electron chi connectivity index (χ4n) is 2.99. The van der Waals surface area contributed by atoms with Crippen LogP contribution in [-0.2, 0) is 0 Å². The highest BCUT2D eigenvalue weighted by Crippen LogP contribution is 2.43. The van der Waals surface area contributed by atoms with Gasteiger partial charge >= 0.3 is 0 Å². The zero-order chi connectivity index (χ0) is 13.9. The van der Waals surface area contributed by atoms with E-state index in [0.29, 0.717) is 11.5 Å². The number of ether oxygens (including phenoxy) is 1. The van der Waals surface area contributed by atoms with E-state index in [9.17, 15) is 0 Å². The zero-order valence-electron chi connectivity index (χ0n) is 12.8. The molecular formula is C17H27NO. The molecule has 0 aromatic heterocycles. The van der Waals surface area contributed by atoms with E-state index >= 15 is 0 Å². The largest absolute Gasteiger partial charge is 0.496 e. The van der Waals surface area contributed by atoms with Crippen LogP contribution in [0.25, 0.3) is 0 Å². The highest BCUT2D eigenvalue weighted by Gasteiger charge is 2.35. The Kier molecular flexibility index (Phi) is 4.51. The molecule has 0 heterocycles. The molecule has 1 aromatic rings. The van der Waals surface area contributed by atoms with E-state index in [4.69, 9.17) is 4.74 Å². The van der Waals surface area contributed by atoms with Crippen LogP contribution in [0.2, 0.25) is 0 Å². The molecule has 1 aromatic carbocycles. The molecule has 1 aliphatic carbocycles. The van der Waals surface area contributed by atoms with Gasteiger partial charge in [-0.1, -0.05) is 25.5 Å². The quantitative estimate of drug-likeness (QED) is 0.827. The SMILES string of the molecule is CCC1(CNC(C)c2ccc(C)cc2OC)CCC1. The first-order valence-electron chi connectivity index (χ1n) is 7.48. The minimum atomic E-state index is 0.347. The van der Waals surface area contributed by atoms with Crippen LogP contribution >= 0.6 is 0 Å². The second kappa shape index (κ2) is 5.96. The first-order valence-corrected chi connectivity index (χ1v) is 7.48. The summed E-state index contributed by atoms with van der Waals surface area (Å²) in [6.45, 7) is 7.78. The molecule has 2 nitrogen and oxygen atoms in total. The van der Waals surface area contributed by atoms with Gasteiger partial charge in [-0.05, 0) is 50.2 Å². The fourth-order valence-corrected chi connectivity index (χ4v) is 2.99. The second-order valence-electron chi connectivity index (χ2n) is 6.06. The van der Waals surface area contributed by atoms with Gasteiger partial charge in [-0.15, -0.1) is 0 Å². The Morgan fingerprint density at radius 2 is 2.11 bits per heavy atom. The number of benzene rings is 1. The van der Waals surface area contributed by atoms with Gasteiger partial charge in [0, 0.05) is 18.2 Å². The molecule has 1 unspecified atom stereocenters. The predicted molar refractivity (Wildman–Crippen MR) is 80.7 cm³/mol. The summed E-state index contributed by atoms with van der Waals surface area (Å²) >= 11 is 0. The van der Waals surface area contributed by atoms with Crippen LogP contribution in [0, 0.1) is 12.3 Å². The molecule has 1 N–H and O–H groups in total. The maximum absolute atomic E-state index is 5.51. The number of nitrogens with one attached hydrogen (secondary N) is 1. The highest BCUT2D eigenvalue weighted by atomic mass is 16.5. The zero-order valence-corrected chi connectivity index (χ0v) is 12.8. The van der Waals surface area contributed by atoms with Crippen LogP contribution in [0.15, 0.2) is 18.2 Å². The van der Waals surface area contributed by atoms with Gasteiger partial charge in [0.1, 0.15) is 5.75 Å². The molecule has 106 valence electrons. The van der Waals surface area contributed by atoms with Crippen molar-refractivity contribution in [2.24, 2.45) is 5.41 Å². The summed E-state index contributed by atoms with van der Waals surface area (Å²) in [6.07, 6.45) is 5.46. The number of rotatable bonds is 6. The molecule has 0 spiro atoms. The summed E-state index contributed by atoms with van der Waals surface area (Å²) in [5.74, 6) is 0.999. The van der Waals surface area contributed by atoms with Crippen LogP contribution in [0.3, 0.4) is 0 Å². The number of hydrogen-bond acceptors (Lipinski definition) is 2.